The molecule has 29 heavy (non-hydrogen) atoms. The Balaban J connectivity index is 1.79. The average molecular weight is 403 g/mol. The molecular formula is C26H42O3. The van der Waals surface area contributed by atoms with E-state index in [1.807, 2.05) is 0 Å². The lowest BCUT2D eigenvalue weighted by atomic mass is 9.37. The van der Waals surface area contributed by atoms with Crippen molar-refractivity contribution < 1.29 is 14.3 Å². The Morgan fingerprint density at radius 2 is 1.72 bits per heavy atom. The smallest absolute Gasteiger partial charge is 0.302 e. The molecule has 0 aromatic carbocycles. The van der Waals surface area contributed by atoms with E-state index in [4.69, 9.17) is 9.47 Å². The molecule has 3 aliphatic carbocycles. The number of ether oxygens (including phenoxy) is 2. The van der Waals surface area contributed by atoms with E-state index in [1.54, 1.807) is 6.92 Å². The zero-order valence-electron chi connectivity index (χ0n) is 19.6. The summed E-state index contributed by atoms with van der Waals surface area (Å²) >= 11 is 0. The second kappa shape index (κ2) is 7.11. The quantitative estimate of drug-likeness (QED) is 0.381. The topological polar surface area (TPSA) is 35.5 Å². The number of hydrogen-bond acceptors (Lipinski definition) is 3. The first-order valence-electron chi connectivity index (χ1n) is 12.0. The lowest BCUT2D eigenvalue weighted by Gasteiger charge is -2.69. The lowest BCUT2D eigenvalue weighted by molar-refractivity contribution is -0.254. The summed E-state index contributed by atoms with van der Waals surface area (Å²) in [4.78, 5) is 12.2. The van der Waals surface area contributed by atoms with Gasteiger partial charge in [-0.1, -0.05) is 46.3 Å². The fourth-order valence-electron chi connectivity index (χ4n) is 9.06. The second-order valence-electron chi connectivity index (χ2n) is 12.0. The Bertz CT molecular complexity index is 681. The number of fused-ring (bicyclic) bond motifs is 5. The monoisotopic (exact) mass is 402 g/mol. The number of hydrogen-bond donors (Lipinski definition) is 0. The van der Waals surface area contributed by atoms with Crippen LogP contribution in [0.3, 0.4) is 0 Å². The van der Waals surface area contributed by atoms with E-state index in [0.717, 1.165) is 25.9 Å². The van der Waals surface area contributed by atoms with Gasteiger partial charge in [-0.15, -0.1) is 0 Å². The number of carbonyl (C=O) groups is 1. The highest BCUT2D eigenvalue weighted by atomic mass is 16.5. The number of rotatable bonds is 1. The molecule has 3 fully saturated rings. The number of allylic oxidation sites excluding steroid dienone is 1. The summed E-state index contributed by atoms with van der Waals surface area (Å²) in [5, 5.41) is 0. The maximum Gasteiger partial charge on any atom is 0.302 e. The van der Waals surface area contributed by atoms with Crippen LogP contribution in [-0.4, -0.2) is 24.3 Å². The van der Waals surface area contributed by atoms with Gasteiger partial charge in [0.25, 0.3) is 0 Å². The zero-order chi connectivity index (χ0) is 21.1. The molecule has 164 valence electrons. The largest absolute Gasteiger partial charge is 0.462 e. The van der Waals surface area contributed by atoms with Crippen molar-refractivity contribution >= 4 is 5.97 Å². The van der Waals surface area contributed by atoms with Gasteiger partial charge >= 0.3 is 5.97 Å². The van der Waals surface area contributed by atoms with Gasteiger partial charge in [0.2, 0.25) is 0 Å². The summed E-state index contributed by atoms with van der Waals surface area (Å²) in [7, 11) is 0. The predicted molar refractivity (Wildman–Crippen MR) is 116 cm³/mol. The first-order chi connectivity index (χ1) is 13.5. The number of carbonyl (C=O) groups excluding carboxylic acids is 1. The highest BCUT2D eigenvalue weighted by Crippen LogP contribution is 2.70. The molecule has 0 radical (unpaired) electrons. The summed E-state index contributed by atoms with van der Waals surface area (Å²) in [6, 6.07) is 0. The standard InChI is InChI=1S/C26H42O3/c1-18(27)29-19-17-25(5)20(24(4)14-10-13-23(2,3)22(19)24)12-15-26(6)21(25)11-8-7-9-16-28-26/h7,9,19-22H,8,10-17H2,1-6H3/b9-7-/t19-,20+,21-,22-,24+,25+,26-/m0/s1. The van der Waals surface area contributed by atoms with Gasteiger partial charge in [0.05, 0.1) is 12.2 Å². The molecule has 0 aromatic rings. The van der Waals surface area contributed by atoms with Gasteiger partial charge in [0.1, 0.15) is 6.10 Å². The molecule has 3 nitrogen and oxygen atoms in total. The van der Waals surface area contributed by atoms with Crippen molar-refractivity contribution in [1.82, 2.24) is 0 Å². The molecule has 4 aliphatic rings. The van der Waals surface area contributed by atoms with Crippen LogP contribution in [-0.2, 0) is 14.3 Å². The summed E-state index contributed by atoms with van der Waals surface area (Å²) in [5.41, 5.74) is 0.533. The molecule has 1 aliphatic heterocycles. The third kappa shape index (κ3) is 3.30. The molecule has 0 unspecified atom stereocenters. The zero-order valence-corrected chi connectivity index (χ0v) is 19.6. The van der Waals surface area contributed by atoms with Crippen molar-refractivity contribution in [2.24, 2.45) is 34.0 Å². The van der Waals surface area contributed by atoms with Crippen LogP contribution in [0.15, 0.2) is 12.2 Å². The van der Waals surface area contributed by atoms with Crippen molar-refractivity contribution in [1.29, 1.82) is 0 Å². The normalized spacial score (nSPS) is 50.1. The Morgan fingerprint density at radius 3 is 2.45 bits per heavy atom. The van der Waals surface area contributed by atoms with Crippen molar-refractivity contribution in [3.63, 3.8) is 0 Å². The van der Waals surface area contributed by atoms with Crippen molar-refractivity contribution in [3.05, 3.63) is 12.2 Å². The molecule has 0 bridgehead atoms. The van der Waals surface area contributed by atoms with E-state index >= 15 is 0 Å². The third-order valence-corrected chi connectivity index (χ3v) is 9.77. The molecule has 0 N–H and O–H groups in total. The summed E-state index contributed by atoms with van der Waals surface area (Å²) in [5.74, 6) is 1.52. The molecular weight excluding hydrogens is 360 g/mol. The molecule has 3 saturated carbocycles. The Hall–Kier alpha value is -0.830. The molecule has 7 atom stereocenters. The van der Waals surface area contributed by atoms with Crippen LogP contribution >= 0.6 is 0 Å². The van der Waals surface area contributed by atoms with Gasteiger partial charge in [0, 0.05) is 12.8 Å². The van der Waals surface area contributed by atoms with Crippen molar-refractivity contribution in [2.45, 2.75) is 105 Å². The van der Waals surface area contributed by atoms with Gasteiger partial charge in [-0.2, -0.15) is 0 Å². The maximum atomic E-state index is 12.2. The van der Waals surface area contributed by atoms with E-state index in [1.165, 1.54) is 32.1 Å². The molecule has 4 rings (SSSR count). The van der Waals surface area contributed by atoms with E-state index < -0.39 is 0 Å². The highest BCUT2D eigenvalue weighted by molar-refractivity contribution is 5.66. The van der Waals surface area contributed by atoms with Crippen LogP contribution < -0.4 is 0 Å². The minimum Gasteiger partial charge on any atom is -0.462 e. The van der Waals surface area contributed by atoms with Gasteiger partial charge in [-0.05, 0) is 80.0 Å². The maximum absolute atomic E-state index is 12.2. The fourth-order valence-corrected chi connectivity index (χ4v) is 9.06. The first kappa shape index (κ1) is 21.4. The molecule has 0 amide bonds. The fraction of sp³-hybridized carbons (Fsp3) is 0.885. The van der Waals surface area contributed by atoms with Crippen molar-refractivity contribution in [2.75, 3.05) is 6.61 Å². The Kier molecular flexibility index (Phi) is 5.25. The van der Waals surface area contributed by atoms with Crippen LogP contribution in [0.25, 0.3) is 0 Å². The molecule has 3 heteroatoms. The minimum atomic E-state index is -0.115. The van der Waals surface area contributed by atoms with Gasteiger partial charge in [-0.3, -0.25) is 4.79 Å². The van der Waals surface area contributed by atoms with E-state index in [2.05, 4.69) is 46.8 Å². The van der Waals surface area contributed by atoms with Crippen LogP contribution in [0.4, 0.5) is 0 Å². The van der Waals surface area contributed by atoms with Crippen LogP contribution in [0.5, 0.6) is 0 Å². The van der Waals surface area contributed by atoms with Crippen LogP contribution in [0, 0.1) is 34.0 Å². The Morgan fingerprint density at radius 1 is 0.966 bits per heavy atom. The van der Waals surface area contributed by atoms with Crippen molar-refractivity contribution in [3.8, 4) is 0 Å². The SMILES string of the molecule is CC(=O)O[C@H]1C[C@]2(C)[C@H](CC[C@]3(C)OC/C=C\CC[C@@H]23)[C@@]2(C)CCCC(C)(C)[C@H]12. The highest BCUT2D eigenvalue weighted by Gasteiger charge is 2.67. The van der Waals surface area contributed by atoms with E-state index in [9.17, 15) is 4.79 Å². The summed E-state index contributed by atoms with van der Waals surface area (Å²) in [6.45, 7) is 14.6. The minimum absolute atomic E-state index is 0.0254. The average Bonchev–Trinajstić information content (AvgIpc) is 2.55. The van der Waals surface area contributed by atoms with E-state index in [-0.39, 0.29) is 33.9 Å². The third-order valence-electron chi connectivity index (χ3n) is 9.77. The van der Waals surface area contributed by atoms with E-state index in [0.29, 0.717) is 17.8 Å². The van der Waals surface area contributed by atoms with Gasteiger partial charge < -0.3 is 9.47 Å². The summed E-state index contributed by atoms with van der Waals surface area (Å²) < 4.78 is 12.7. The van der Waals surface area contributed by atoms with Gasteiger partial charge in [0.15, 0.2) is 0 Å². The molecule has 0 spiro atoms. The first-order valence-corrected chi connectivity index (χ1v) is 12.0. The van der Waals surface area contributed by atoms with Crippen LogP contribution in [0.2, 0.25) is 0 Å². The Labute approximate surface area is 178 Å². The lowest BCUT2D eigenvalue weighted by Crippen LogP contribution is -2.67. The van der Waals surface area contributed by atoms with Gasteiger partial charge in [-0.25, -0.2) is 0 Å². The molecule has 1 heterocycles. The summed E-state index contributed by atoms with van der Waals surface area (Å²) in [6.07, 6.45) is 14.0. The molecule has 0 aromatic heterocycles. The predicted octanol–water partition coefficient (Wildman–Crippen LogP) is 6.31. The number of esters is 1. The second-order valence-corrected chi connectivity index (χ2v) is 12.0. The molecule has 0 saturated heterocycles. The van der Waals surface area contributed by atoms with Crippen LogP contribution in [0.1, 0.15) is 92.9 Å².